The summed E-state index contributed by atoms with van der Waals surface area (Å²) in [6, 6.07) is 15.1. The molecule has 0 saturated carbocycles. The summed E-state index contributed by atoms with van der Waals surface area (Å²) in [6.45, 7) is 0.0614. The minimum Gasteiger partial charge on any atom is -0.460 e. The normalized spacial score (nSPS) is 13.2. The second kappa shape index (κ2) is 7.66. The van der Waals surface area contributed by atoms with Crippen LogP contribution in [0.1, 0.15) is 40.0 Å². The molecule has 0 atom stereocenters. The van der Waals surface area contributed by atoms with Crippen LogP contribution in [-0.2, 0) is 29.0 Å². The predicted molar refractivity (Wildman–Crippen MR) is 104 cm³/mol. The maximum atomic E-state index is 12.4. The van der Waals surface area contributed by atoms with Gasteiger partial charge in [0.2, 0.25) is 0 Å². The molecule has 5 nitrogen and oxygen atoms in total. The van der Waals surface area contributed by atoms with E-state index in [4.69, 9.17) is 4.74 Å². The van der Waals surface area contributed by atoms with Crippen molar-refractivity contribution in [2.24, 2.45) is 0 Å². The van der Waals surface area contributed by atoms with Gasteiger partial charge in [0.05, 0.1) is 0 Å². The van der Waals surface area contributed by atoms with Crippen molar-refractivity contribution >= 4 is 22.8 Å². The Hall–Kier alpha value is -3.08. The standard InChI is InChI=1S/C22H22N2O3/c25-21(27-14-15-6-2-1-3-7-15)13-23-22(26)16-10-11-20-18(12-16)17-8-4-5-9-19(17)24-20/h1-3,6-7,10-12,24H,4-5,8-9,13-14H2,(H,23,26). The van der Waals surface area contributed by atoms with Crippen LogP contribution in [0.25, 0.3) is 10.9 Å². The quantitative estimate of drug-likeness (QED) is 0.682. The maximum absolute atomic E-state index is 12.4. The number of aryl methyl sites for hydroxylation is 2. The Labute approximate surface area is 157 Å². The lowest BCUT2D eigenvalue weighted by molar-refractivity contribution is -0.143. The van der Waals surface area contributed by atoms with E-state index in [1.54, 1.807) is 6.07 Å². The molecule has 0 fully saturated rings. The molecule has 0 bridgehead atoms. The van der Waals surface area contributed by atoms with Gasteiger partial charge in [0, 0.05) is 22.2 Å². The van der Waals surface area contributed by atoms with Crippen molar-refractivity contribution in [1.29, 1.82) is 0 Å². The Morgan fingerprint density at radius 2 is 1.85 bits per heavy atom. The summed E-state index contributed by atoms with van der Waals surface area (Å²) in [7, 11) is 0. The third-order valence-electron chi connectivity index (χ3n) is 5.00. The van der Waals surface area contributed by atoms with Crippen LogP contribution in [0.5, 0.6) is 0 Å². The van der Waals surface area contributed by atoms with Gasteiger partial charge in [0.15, 0.2) is 0 Å². The number of esters is 1. The zero-order valence-electron chi connectivity index (χ0n) is 15.1. The van der Waals surface area contributed by atoms with Crippen molar-refractivity contribution in [2.75, 3.05) is 6.54 Å². The smallest absolute Gasteiger partial charge is 0.325 e. The van der Waals surface area contributed by atoms with E-state index in [0.29, 0.717) is 5.56 Å². The number of amides is 1. The van der Waals surface area contributed by atoms with Crippen molar-refractivity contribution in [3.05, 3.63) is 70.9 Å². The Bertz CT molecular complexity index is 976. The third kappa shape index (κ3) is 3.87. The minimum absolute atomic E-state index is 0.144. The molecule has 0 unspecified atom stereocenters. The third-order valence-corrected chi connectivity index (χ3v) is 5.00. The maximum Gasteiger partial charge on any atom is 0.325 e. The number of aromatic amines is 1. The van der Waals surface area contributed by atoms with Crippen LogP contribution < -0.4 is 5.32 Å². The SMILES string of the molecule is O=C(CNC(=O)c1ccc2[nH]c3c(c2c1)CCCC3)OCc1ccccc1. The van der Waals surface area contributed by atoms with Crippen molar-refractivity contribution in [3.63, 3.8) is 0 Å². The lowest BCUT2D eigenvalue weighted by Crippen LogP contribution is -2.30. The van der Waals surface area contributed by atoms with Gasteiger partial charge in [0.1, 0.15) is 13.2 Å². The summed E-state index contributed by atoms with van der Waals surface area (Å²) in [6.07, 6.45) is 4.51. The summed E-state index contributed by atoms with van der Waals surface area (Å²) < 4.78 is 5.19. The summed E-state index contributed by atoms with van der Waals surface area (Å²) in [5.74, 6) is -0.716. The van der Waals surface area contributed by atoms with E-state index in [9.17, 15) is 9.59 Å². The lowest BCUT2D eigenvalue weighted by Gasteiger charge is -2.10. The van der Waals surface area contributed by atoms with Gasteiger partial charge in [0.25, 0.3) is 5.91 Å². The molecule has 0 spiro atoms. The largest absolute Gasteiger partial charge is 0.460 e. The summed E-state index contributed by atoms with van der Waals surface area (Å²) in [4.78, 5) is 27.8. The van der Waals surface area contributed by atoms with Crippen molar-refractivity contribution in [2.45, 2.75) is 32.3 Å². The number of rotatable bonds is 5. The van der Waals surface area contributed by atoms with Crippen LogP contribution in [0, 0.1) is 0 Å². The zero-order valence-corrected chi connectivity index (χ0v) is 15.1. The Morgan fingerprint density at radius 1 is 1.04 bits per heavy atom. The average molecular weight is 362 g/mol. The Kier molecular flexibility index (Phi) is 4.92. The highest BCUT2D eigenvalue weighted by Crippen LogP contribution is 2.29. The molecule has 0 aliphatic heterocycles. The first-order chi connectivity index (χ1) is 13.2. The predicted octanol–water partition coefficient (Wildman–Crippen LogP) is 3.52. The van der Waals surface area contributed by atoms with E-state index in [1.165, 1.54) is 24.1 Å². The van der Waals surface area contributed by atoms with Crippen molar-refractivity contribution in [3.8, 4) is 0 Å². The highest BCUT2D eigenvalue weighted by molar-refractivity contribution is 6.00. The monoisotopic (exact) mass is 362 g/mol. The average Bonchev–Trinajstić information content (AvgIpc) is 3.09. The Morgan fingerprint density at radius 3 is 2.70 bits per heavy atom. The van der Waals surface area contributed by atoms with E-state index >= 15 is 0 Å². The zero-order chi connectivity index (χ0) is 18.6. The van der Waals surface area contributed by atoms with Crippen LogP contribution in [0.3, 0.4) is 0 Å². The summed E-state index contributed by atoms with van der Waals surface area (Å²) in [5.41, 5.74) is 5.16. The molecule has 138 valence electrons. The van der Waals surface area contributed by atoms with Crippen LogP contribution in [0.4, 0.5) is 0 Å². The number of carbonyl (C=O) groups is 2. The molecule has 2 aromatic carbocycles. The minimum atomic E-state index is -0.452. The topological polar surface area (TPSA) is 71.2 Å². The second-order valence-corrected chi connectivity index (χ2v) is 6.88. The molecular formula is C22H22N2O3. The molecular weight excluding hydrogens is 340 g/mol. The number of benzene rings is 2. The van der Waals surface area contributed by atoms with Crippen molar-refractivity contribution in [1.82, 2.24) is 10.3 Å². The van der Waals surface area contributed by atoms with E-state index in [-0.39, 0.29) is 19.1 Å². The van der Waals surface area contributed by atoms with Gasteiger partial charge in [-0.1, -0.05) is 30.3 Å². The number of nitrogens with one attached hydrogen (secondary N) is 2. The highest BCUT2D eigenvalue weighted by Gasteiger charge is 2.17. The molecule has 1 aliphatic rings. The highest BCUT2D eigenvalue weighted by atomic mass is 16.5. The number of aromatic nitrogens is 1. The molecule has 27 heavy (non-hydrogen) atoms. The molecule has 1 aromatic heterocycles. The van der Waals surface area contributed by atoms with E-state index in [0.717, 1.165) is 29.3 Å². The lowest BCUT2D eigenvalue weighted by atomic mass is 9.95. The molecule has 3 aromatic rings. The molecule has 1 amide bonds. The van der Waals surface area contributed by atoms with Crippen LogP contribution >= 0.6 is 0 Å². The first-order valence-electron chi connectivity index (χ1n) is 9.32. The first-order valence-corrected chi connectivity index (χ1v) is 9.32. The number of fused-ring (bicyclic) bond motifs is 3. The summed E-state index contributed by atoms with van der Waals surface area (Å²) in [5, 5.41) is 3.76. The molecule has 2 N–H and O–H groups in total. The molecule has 1 heterocycles. The van der Waals surface area contributed by atoms with Gasteiger partial charge < -0.3 is 15.0 Å². The van der Waals surface area contributed by atoms with E-state index < -0.39 is 5.97 Å². The van der Waals surface area contributed by atoms with Gasteiger partial charge in [-0.05, 0) is 55.0 Å². The van der Waals surface area contributed by atoms with Crippen LogP contribution in [0.15, 0.2) is 48.5 Å². The Balaban J connectivity index is 1.37. The van der Waals surface area contributed by atoms with Crippen LogP contribution in [0.2, 0.25) is 0 Å². The second-order valence-electron chi connectivity index (χ2n) is 6.88. The fraction of sp³-hybridized carbons (Fsp3) is 0.273. The summed E-state index contributed by atoms with van der Waals surface area (Å²) >= 11 is 0. The fourth-order valence-electron chi connectivity index (χ4n) is 3.59. The number of ether oxygens (including phenoxy) is 1. The van der Waals surface area contributed by atoms with Gasteiger partial charge >= 0.3 is 5.97 Å². The molecule has 5 heteroatoms. The van der Waals surface area contributed by atoms with Gasteiger partial charge in [-0.15, -0.1) is 0 Å². The number of hydrogen-bond donors (Lipinski definition) is 2. The van der Waals surface area contributed by atoms with Crippen LogP contribution in [-0.4, -0.2) is 23.4 Å². The number of carbonyl (C=O) groups excluding carboxylic acids is 2. The van der Waals surface area contributed by atoms with E-state index in [1.807, 2.05) is 42.5 Å². The van der Waals surface area contributed by atoms with Crippen molar-refractivity contribution < 1.29 is 14.3 Å². The molecule has 0 saturated heterocycles. The molecule has 4 rings (SSSR count). The fourth-order valence-corrected chi connectivity index (χ4v) is 3.59. The number of H-pyrrole nitrogens is 1. The number of hydrogen-bond acceptors (Lipinski definition) is 3. The van der Waals surface area contributed by atoms with Gasteiger partial charge in [-0.25, -0.2) is 0 Å². The van der Waals surface area contributed by atoms with Gasteiger partial charge in [-0.2, -0.15) is 0 Å². The molecule has 1 aliphatic carbocycles. The van der Waals surface area contributed by atoms with Gasteiger partial charge in [-0.3, -0.25) is 9.59 Å². The van der Waals surface area contributed by atoms with E-state index in [2.05, 4.69) is 10.3 Å². The first kappa shape index (κ1) is 17.3. The molecule has 0 radical (unpaired) electrons.